The van der Waals surface area contributed by atoms with Crippen molar-refractivity contribution >= 4 is 5.65 Å². The summed E-state index contributed by atoms with van der Waals surface area (Å²) in [5.41, 5.74) is 5.01. The maximum absolute atomic E-state index is 12.4. The van der Waals surface area contributed by atoms with Crippen LogP contribution in [0.4, 0.5) is 13.2 Å². The van der Waals surface area contributed by atoms with Gasteiger partial charge in [-0.15, -0.1) is 0 Å². The third-order valence-electron chi connectivity index (χ3n) is 2.31. The number of aryl methyl sites for hydroxylation is 1. The molecular formula is C10H11F3N4. The van der Waals surface area contributed by atoms with Crippen LogP contribution in [0.25, 0.3) is 5.65 Å². The summed E-state index contributed by atoms with van der Waals surface area (Å²) in [6.07, 6.45) is -2.14. The van der Waals surface area contributed by atoms with Crippen LogP contribution in [0.1, 0.15) is 17.8 Å². The van der Waals surface area contributed by atoms with Crippen LogP contribution < -0.4 is 5.73 Å². The van der Waals surface area contributed by atoms with E-state index in [0.29, 0.717) is 30.9 Å². The summed E-state index contributed by atoms with van der Waals surface area (Å²) >= 11 is 0. The molecule has 0 bridgehead atoms. The van der Waals surface area contributed by atoms with Crippen molar-refractivity contribution in [1.29, 1.82) is 0 Å². The highest BCUT2D eigenvalue weighted by Crippen LogP contribution is 2.28. The van der Waals surface area contributed by atoms with Crippen LogP contribution in [0.2, 0.25) is 0 Å². The summed E-state index contributed by atoms with van der Waals surface area (Å²) in [4.78, 5) is 4.10. The van der Waals surface area contributed by atoms with Gasteiger partial charge in [-0.1, -0.05) is 0 Å². The lowest BCUT2D eigenvalue weighted by atomic mass is 10.3. The van der Waals surface area contributed by atoms with E-state index in [1.54, 1.807) is 0 Å². The second-order valence-electron chi connectivity index (χ2n) is 3.64. The second kappa shape index (κ2) is 4.33. The maximum atomic E-state index is 12.4. The normalized spacial score (nSPS) is 12.2. The summed E-state index contributed by atoms with van der Waals surface area (Å²) in [5.74, 6) is 0.509. The van der Waals surface area contributed by atoms with Gasteiger partial charge in [0, 0.05) is 12.6 Å². The molecule has 7 heteroatoms. The first-order valence-corrected chi connectivity index (χ1v) is 5.13. The van der Waals surface area contributed by atoms with Crippen LogP contribution in [-0.2, 0) is 12.6 Å². The van der Waals surface area contributed by atoms with Gasteiger partial charge in [-0.3, -0.25) is 0 Å². The van der Waals surface area contributed by atoms with E-state index in [0.717, 1.165) is 16.8 Å². The van der Waals surface area contributed by atoms with Gasteiger partial charge in [0.05, 0.1) is 5.56 Å². The first-order chi connectivity index (χ1) is 8.00. The quantitative estimate of drug-likeness (QED) is 0.892. The Morgan fingerprint density at radius 1 is 1.29 bits per heavy atom. The molecule has 0 aromatic carbocycles. The van der Waals surface area contributed by atoms with Crippen LogP contribution in [0.5, 0.6) is 0 Å². The molecular weight excluding hydrogens is 233 g/mol. The number of hydrogen-bond donors (Lipinski definition) is 1. The first-order valence-electron chi connectivity index (χ1n) is 5.13. The fourth-order valence-electron chi connectivity index (χ4n) is 1.46. The molecule has 2 N–H and O–H groups in total. The molecule has 2 heterocycles. The minimum absolute atomic E-state index is 0.407. The van der Waals surface area contributed by atoms with Crippen LogP contribution >= 0.6 is 0 Å². The van der Waals surface area contributed by atoms with Crippen molar-refractivity contribution in [3.05, 3.63) is 29.7 Å². The Bertz CT molecular complexity index is 518. The summed E-state index contributed by atoms with van der Waals surface area (Å²) in [6.45, 7) is 0.503. The van der Waals surface area contributed by atoms with Gasteiger partial charge >= 0.3 is 6.18 Å². The molecule has 0 atom stereocenters. The molecule has 0 saturated carbocycles. The summed E-state index contributed by atoms with van der Waals surface area (Å²) < 4.78 is 38.5. The number of fused-ring (bicyclic) bond motifs is 1. The van der Waals surface area contributed by atoms with E-state index in [-0.39, 0.29) is 0 Å². The Kier molecular flexibility index (Phi) is 3.01. The Hall–Kier alpha value is -1.63. The SMILES string of the molecule is NCCCc1nc2ccc(C(F)(F)F)cn2n1. The number of pyridine rings is 1. The Morgan fingerprint density at radius 3 is 2.71 bits per heavy atom. The third kappa shape index (κ3) is 2.55. The van der Waals surface area contributed by atoms with Crippen molar-refractivity contribution in [2.24, 2.45) is 5.73 Å². The van der Waals surface area contributed by atoms with E-state index in [9.17, 15) is 13.2 Å². The van der Waals surface area contributed by atoms with Gasteiger partial charge in [-0.25, -0.2) is 9.50 Å². The van der Waals surface area contributed by atoms with Crippen molar-refractivity contribution in [1.82, 2.24) is 14.6 Å². The molecule has 0 radical (unpaired) electrons. The molecule has 0 aliphatic carbocycles. The molecule has 2 rings (SSSR count). The molecule has 0 aliphatic heterocycles. The van der Waals surface area contributed by atoms with Crippen molar-refractivity contribution < 1.29 is 13.2 Å². The van der Waals surface area contributed by atoms with Gasteiger partial charge < -0.3 is 5.73 Å². The lowest BCUT2D eigenvalue weighted by Gasteiger charge is -2.05. The smallest absolute Gasteiger partial charge is 0.330 e. The second-order valence-corrected chi connectivity index (χ2v) is 3.64. The highest BCUT2D eigenvalue weighted by atomic mass is 19.4. The number of halogens is 3. The fourth-order valence-corrected chi connectivity index (χ4v) is 1.46. The zero-order valence-corrected chi connectivity index (χ0v) is 8.91. The zero-order chi connectivity index (χ0) is 12.5. The molecule has 17 heavy (non-hydrogen) atoms. The van der Waals surface area contributed by atoms with E-state index in [4.69, 9.17) is 5.73 Å². The molecule has 2 aromatic heterocycles. The fraction of sp³-hybridized carbons (Fsp3) is 0.400. The van der Waals surface area contributed by atoms with Crippen molar-refractivity contribution in [2.45, 2.75) is 19.0 Å². The number of alkyl halides is 3. The standard InChI is InChI=1S/C10H11F3N4/c11-10(12,13)7-3-4-9-15-8(2-1-5-14)16-17(9)6-7/h3-4,6H,1-2,5,14H2. The topological polar surface area (TPSA) is 56.2 Å². The van der Waals surface area contributed by atoms with Gasteiger partial charge in [-0.2, -0.15) is 18.3 Å². The lowest BCUT2D eigenvalue weighted by Crippen LogP contribution is -2.06. The highest BCUT2D eigenvalue weighted by molar-refractivity contribution is 5.39. The molecule has 0 fully saturated rings. The summed E-state index contributed by atoms with van der Waals surface area (Å²) in [6, 6.07) is 2.30. The molecule has 0 spiro atoms. The average Bonchev–Trinajstić information content (AvgIpc) is 2.66. The van der Waals surface area contributed by atoms with Crippen LogP contribution in [0.3, 0.4) is 0 Å². The van der Waals surface area contributed by atoms with Gasteiger partial charge in [0.2, 0.25) is 0 Å². The van der Waals surface area contributed by atoms with Crippen molar-refractivity contribution in [2.75, 3.05) is 6.54 Å². The first kappa shape index (κ1) is 11.8. The molecule has 0 aliphatic rings. The predicted octanol–water partition coefficient (Wildman–Crippen LogP) is 1.64. The number of rotatable bonds is 3. The zero-order valence-electron chi connectivity index (χ0n) is 8.91. The van der Waals surface area contributed by atoms with Crippen LogP contribution in [0, 0.1) is 0 Å². The van der Waals surface area contributed by atoms with Gasteiger partial charge in [0.15, 0.2) is 11.5 Å². The minimum atomic E-state index is -4.36. The average molecular weight is 244 g/mol. The van der Waals surface area contributed by atoms with Gasteiger partial charge in [0.1, 0.15) is 0 Å². The Morgan fingerprint density at radius 2 is 2.06 bits per heavy atom. The third-order valence-corrected chi connectivity index (χ3v) is 2.31. The number of aromatic nitrogens is 3. The summed E-state index contributed by atoms with van der Waals surface area (Å²) in [5, 5.41) is 3.97. The van der Waals surface area contributed by atoms with Crippen LogP contribution in [-0.4, -0.2) is 21.1 Å². The van der Waals surface area contributed by atoms with Crippen LogP contribution in [0.15, 0.2) is 18.3 Å². The molecule has 0 unspecified atom stereocenters. The van der Waals surface area contributed by atoms with Crippen molar-refractivity contribution in [3.63, 3.8) is 0 Å². The highest BCUT2D eigenvalue weighted by Gasteiger charge is 2.31. The summed E-state index contributed by atoms with van der Waals surface area (Å²) in [7, 11) is 0. The minimum Gasteiger partial charge on any atom is -0.330 e. The Balaban J connectivity index is 2.34. The Labute approximate surface area is 95.3 Å². The molecule has 4 nitrogen and oxygen atoms in total. The lowest BCUT2D eigenvalue weighted by molar-refractivity contribution is -0.137. The molecule has 2 aromatic rings. The predicted molar refractivity (Wildman–Crippen MR) is 55.4 cm³/mol. The molecule has 92 valence electrons. The van der Waals surface area contributed by atoms with Gasteiger partial charge in [-0.05, 0) is 25.1 Å². The number of hydrogen-bond acceptors (Lipinski definition) is 3. The maximum Gasteiger partial charge on any atom is 0.417 e. The molecule has 0 saturated heterocycles. The van der Waals surface area contributed by atoms with E-state index in [1.165, 1.54) is 6.07 Å². The molecule has 0 amide bonds. The van der Waals surface area contributed by atoms with E-state index in [2.05, 4.69) is 10.1 Å². The largest absolute Gasteiger partial charge is 0.417 e. The van der Waals surface area contributed by atoms with Crippen molar-refractivity contribution in [3.8, 4) is 0 Å². The van der Waals surface area contributed by atoms with E-state index in [1.807, 2.05) is 0 Å². The monoisotopic (exact) mass is 244 g/mol. The van der Waals surface area contributed by atoms with Gasteiger partial charge in [0.25, 0.3) is 0 Å². The van der Waals surface area contributed by atoms with E-state index >= 15 is 0 Å². The number of nitrogens with zero attached hydrogens (tertiary/aromatic N) is 3. The van der Waals surface area contributed by atoms with E-state index < -0.39 is 11.7 Å². The number of nitrogens with two attached hydrogens (primary N) is 1.